The molecule has 26 heavy (non-hydrogen) atoms. The van der Waals surface area contributed by atoms with Crippen molar-refractivity contribution in [3.63, 3.8) is 0 Å². The second-order valence-corrected chi connectivity index (χ2v) is 8.73. The minimum Gasteiger partial charge on any atom is -0.496 e. The lowest BCUT2D eigenvalue weighted by atomic mass is 9.78. The van der Waals surface area contributed by atoms with Gasteiger partial charge in [-0.15, -0.1) is 0 Å². The van der Waals surface area contributed by atoms with Crippen LogP contribution in [0.15, 0.2) is 12.1 Å². The molecule has 0 saturated carbocycles. The van der Waals surface area contributed by atoms with E-state index in [-0.39, 0.29) is 16.8 Å². The topological polar surface area (TPSA) is 113 Å². The minimum atomic E-state index is -0.0734. The van der Waals surface area contributed by atoms with Crippen LogP contribution in [0.25, 0.3) is 0 Å². The summed E-state index contributed by atoms with van der Waals surface area (Å²) in [7, 11) is 1.73. The Morgan fingerprint density at radius 1 is 0.846 bits per heavy atom. The third kappa shape index (κ3) is 4.00. The first-order chi connectivity index (χ1) is 11.8. The van der Waals surface area contributed by atoms with Gasteiger partial charge in [0.05, 0.1) is 7.11 Å². The Hall–Kier alpha value is -2.50. The molecular weight excluding hydrogens is 326 g/mol. The zero-order valence-corrected chi connectivity index (χ0v) is 16.9. The number of methoxy groups -OCH3 is 1. The maximum Gasteiger partial charge on any atom is 0.223 e. The largest absolute Gasteiger partial charge is 0.496 e. The average Bonchev–Trinajstić information content (AvgIpc) is 2.48. The van der Waals surface area contributed by atoms with Gasteiger partial charge in [0.1, 0.15) is 17.4 Å². The summed E-state index contributed by atoms with van der Waals surface area (Å²) >= 11 is 0. The molecule has 0 atom stereocenters. The van der Waals surface area contributed by atoms with Crippen LogP contribution in [0.3, 0.4) is 0 Å². The van der Waals surface area contributed by atoms with Gasteiger partial charge < -0.3 is 21.9 Å². The number of nitrogen functional groups attached to an aromatic ring is 3. The smallest absolute Gasteiger partial charge is 0.223 e. The van der Waals surface area contributed by atoms with E-state index in [1.165, 1.54) is 0 Å². The molecule has 1 aromatic heterocycles. The Morgan fingerprint density at radius 2 is 1.27 bits per heavy atom. The third-order valence-electron chi connectivity index (χ3n) is 4.44. The summed E-state index contributed by atoms with van der Waals surface area (Å²) in [6.07, 6.45) is 0.536. The van der Waals surface area contributed by atoms with Crippen molar-refractivity contribution in [1.29, 1.82) is 0 Å². The van der Waals surface area contributed by atoms with Gasteiger partial charge in [0.2, 0.25) is 5.95 Å². The summed E-state index contributed by atoms with van der Waals surface area (Å²) in [5.74, 6) is 1.66. The molecule has 2 aromatic rings. The van der Waals surface area contributed by atoms with Gasteiger partial charge in [0, 0.05) is 23.1 Å². The van der Waals surface area contributed by atoms with Crippen LogP contribution >= 0.6 is 0 Å². The van der Waals surface area contributed by atoms with Crippen molar-refractivity contribution in [2.24, 2.45) is 0 Å². The molecule has 0 amide bonds. The van der Waals surface area contributed by atoms with Crippen molar-refractivity contribution in [3.05, 3.63) is 34.4 Å². The maximum absolute atomic E-state index is 6.04. The molecule has 1 aromatic carbocycles. The molecule has 1 heterocycles. The van der Waals surface area contributed by atoms with Crippen LogP contribution in [-0.2, 0) is 17.3 Å². The SMILES string of the molecule is COc1c(C(C)(C)C)cc(Cc2c(N)nc(N)nc2N)cc1C(C)(C)C. The van der Waals surface area contributed by atoms with Gasteiger partial charge in [-0.3, -0.25) is 0 Å². The van der Waals surface area contributed by atoms with Crippen LogP contribution < -0.4 is 21.9 Å². The highest BCUT2D eigenvalue weighted by Crippen LogP contribution is 2.41. The first-order valence-electron chi connectivity index (χ1n) is 8.73. The van der Waals surface area contributed by atoms with Crippen LogP contribution in [-0.4, -0.2) is 17.1 Å². The van der Waals surface area contributed by atoms with Crippen molar-refractivity contribution in [1.82, 2.24) is 9.97 Å². The van der Waals surface area contributed by atoms with Crippen molar-refractivity contribution < 1.29 is 4.74 Å². The Kier molecular flexibility index (Phi) is 5.08. The molecule has 2 rings (SSSR count). The summed E-state index contributed by atoms with van der Waals surface area (Å²) < 4.78 is 5.81. The molecule has 0 spiro atoms. The van der Waals surface area contributed by atoms with E-state index in [2.05, 4.69) is 63.6 Å². The summed E-state index contributed by atoms with van der Waals surface area (Å²) in [6.45, 7) is 13.1. The number of hydrogen-bond acceptors (Lipinski definition) is 6. The second kappa shape index (κ2) is 6.67. The highest BCUT2D eigenvalue weighted by molar-refractivity contribution is 5.59. The number of ether oxygens (including phenoxy) is 1. The van der Waals surface area contributed by atoms with E-state index >= 15 is 0 Å². The van der Waals surface area contributed by atoms with Crippen molar-refractivity contribution >= 4 is 17.6 Å². The average molecular weight is 358 g/mol. The second-order valence-electron chi connectivity index (χ2n) is 8.73. The normalized spacial score (nSPS) is 12.3. The maximum atomic E-state index is 6.04. The van der Waals surface area contributed by atoms with Gasteiger partial charge in [-0.25, -0.2) is 0 Å². The fourth-order valence-corrected chi connectivity index (χ4v) is 3.05. The lowest BCUT2D eigenvalue weighted by molar-refractivity contribution is 0.381. The molecule has 6 N–H and O–H groups in total. The summed E-state index contributed by atoms with van der Waals surface area (Å²) in [5.41, 5.74) is 21.6. The first kappa shape index (κ1) is 19.8. The van der Waals surface area contributed by atoms with E-state index in [4.69, 9.17) is 21.9 Å². The van der Waals surface area contributed by atoms with E-state index < -0.39 is 0 Å². The molecule has 0 unspecified atom stereocenters. The molecule has 0 saturated heterocycles. The number of anilines is 3. The molecule has 6 heteroatoms. The van der Waals surface area contributed by atoms with Gasteiger partial charge in [-0.2, -0.15) is 9.97 Å². The molecule has 0 aliphatic carbocycles. The van der Waals surface area contributed by atoms with Crippen molar-refractivity contribution in [2.45, 2.75) is 58.8 Å². The van der Waals surface area contributed by atoms with Crippen LogP contribution in [0.4, 0.5) is 17.6 Å². The number of rotatable bonds is 3. The quantitative estimate of drug-likeness (QED) is 0.776. The summed E-state index contributed by atoms with van der Waals surface area (Å²) in [6, 6.07) is 4.31. The molecule has 0 aliphatic rings. The fourth-order valence-electron chi connectivity index (χ4n) is 3.05. The molecular formula is C20H31N5O. The highest BCUT2D eigenvalue weighted by Gasteiger charge is 2.27. The predicted molar refractivity (Wildman–Crippen MR) is 108 cm³/mol. The van der Waals surface area contributed by atoms with Gasteiger partial charge in [0.25, 0.3) is 0 Å². The van der Waals surface area contributed by atoms with E-state index in [0.29, 0.717) is 23.6 Å². The predicted octanol–water partition coefficient (Wildman–Crippen LogP) is 3.42. The molecule has 142 valence electrons. The van der Waals surface area contributed by atoms with E-state index in [1.807, 2.05) is 0 Å². The lowest BCUT2D eigenvalue weighted by Crippen LogP contribution is -2.20. The van der Waals surface area contributed by atoms with E-state index in [9.17, 15) is 0 Å². The molecule has 0 radical (unpaired) electrons. The number of hydrogen-bond donors (Lipinski definition) is 3. The summed E-state index contributed by atoms with van der Waals surface area (Å²) in [4.78, 5) is 8.09. The third-order valence-corrected chi connectivity index (χ3v) is 4.44. The van der Waals surface area contributed by atoms with Gasteiger partial charge in [-0.1, -0.05) is 53.7 Å². The Morgan fingerprint density at radius 3 is 1.62 bits per heavy atom. The Balaban J connectivity index is 2.67. The number of aromatic nitrogens is 2. The molecule has 6 nitrogen and oxygen atoms in total. The van der Waals surface area contributed by atoms with Gasteiger partial charge in [-0.05, 0) is 16.4 Å². The van der Waals surface area contributed by atoms with Gasteiger partial charge in [0.15, 0.2) is 0 Å². The van der Waals surface area contributed by atoms with Crippen LogP contribution in [0, 0.1) is 0 Å². The van der Waals surface area contributed by atoms with Crippen molar-refractivity contribution in [2.75, 3.05) is 24.3 Å². The van der Waals surface area contributed by atoms with Crippen LogP contribution in [0.2, 0.25) is 0 Å². The van der Waals surface area contributed by atoms with E-state index in [1.54, 1.807) is 7.11 Å². The highest BCUT2D eigenvalue weighted by atomic mass is 16.5. The first-order valence-corrected chi connectivity index (χ1v) is 8.73. The zero-order chi connectivity index (χ0) is 19.9. The van der Waals surface area contributed by atoms with Crippen LogP contribution in [0.1, 0.15) is 63.8 Å². The Bertz CT molecular complexity index is 758. The zero-order valence-electron chi connectivity index (χ0n) is 16.9. The monoisotopic (exact) mass is 357 g/mol. The summed E-state index contributed by atoms with van der Waals surface area (Å²) in [5, 5.41) is 0. The van der Waals surface area contributed by atoms with Crippen molar-refractivity contribution in [3.8, 4) is 5.75 Å². The number of nitrogens with two attached hydrogens (primary N) is 3. The van der Waals surface area contributed by atoms with Gasteiger partial charge >= 0.3 is 0 Å². The number of nitrogens with zero attached hydrogens (tertiary/aromatic N) is 2. The number of benzene rings is 1. The standard InChI is InChI=1S/C20H31N5O/c1-19(2,3)13-9-11(10-14(15(13)26-7)20(4,5)6)8-12-16(21)24-18(23)25-17(12)22/h9-10H,8H2,1-7H3,(H6,21,22,23,24,25). The molecule has 0 aliphatic heterocycles. The van der Waals surface area contributed by atoms with Crippen LogP contribution in [0.5, 0.6) is 5.75 Å². The Labute approximate surface area is 156 Å². The van der Waals surface area contributed by atoms with E-state index in [0.717, 1.165) is 22.4 Å². The molecule has 0 fully saturated rings. The lowest BCUT2D eigenvalue weighted by Gasteiger charge is -2.30. The fraction of sp³-hybridized carbons (Fsp3) is 0.500. The molecule has 0 bridgehead atoms. The minimum absolute atomic E-state index is 0.0734.